The number of aliphatic hydroxyl groups excluding tert-OH is 2. The Kier molecular flexibility index (Phi) is 16.6. The van der Waals surface area contributed by atoms with E-state index in [4.69, 9.17) is 0 Å². The fourth-order valence-electron chi connectivity index (χ4n) is 3.45. The lowest BCUT2D eigenvalue weighted by Gasteiger charge is -2.29. The molecule has 2 unspecified atom stereocenters. The highest BCUT2D eigenvalue weighted by molar-refractivity contribution is 5.96. The molecule has 0 spiro atoms. The van der Waals surface area contributed by atoms with Gasteiger partial charge >= 0.3 is 0 Å². The zero-order chi connectivity index (χ0) is 21.3. The van der Waals surface area contributed by atoms with Gasteiger partial charge in [0.05, 0.1) is 6.61 Å². The van der Waals surface area contributed by atoms with Crippen LogP contribution in [0.2, 0.25) is 0 Å². The Morgan fingerprint density at radius 3 is 1.54 bits per heavy atom. The molecule has 3 N–H and O–H groups in total. The number of carbonyl (C=O) groups is 2. The molecule has 166 valence electrons. The van der Waals surface area contributed by atoms with Gasteiger partial charge in [0.2, 0.25) is 0 Å². The van der Waals surface area contributed by atoms with Gasteiger partial charge in [0, 0.05) is 12.8 Å². The molecule has 0 saturated heterocycles. The summed E-state index contributed by atoms with van der Waals surface area (Å²) in [6.45, 7) is 3.38. The van der Waals surface area contributed by atoms with E-state index in [0.717, 1.165) is 44.9 Å². The summed E-state index contributed by atoms with van der Waals surface area (Å²) in [6.07, 6.45) is 13.0. The van der Waals surface area contributed by atoms with Crippen molar-refractivity contribution in [1.82, 2.24) is 0 Å². The molecule has 0 heterocycles. The van der Waals surface area contributed by atoms with E-state index < -0.39 is 29.9 Å². The van der Waals surface area contributed by atoms with E-state index >= 15 is 0 Å². The van der Waals surface area contributed by atoms with Crippen LogP contribution in [0, 0.1) is 0 Å². The third kappa shape index (κ3) is 11.3. The van der Waals surface area contributed by atoms with Gasteiger partial charge in [-0.3, -0.25) is 9.59 Å². The number of unbranched alkanes of at least 4 members (excludes halogenated alkanes) is 12. The molecule has 0 rings (SSSR count). The summed E-state index contributed by atoms with van der Waals surface area (Å²) >= 11 is 0. The first kappa shape index (κ1) is 27.2. The molecule has 0 aromatic heterocycles. The van der Waals surface area contributed by atoms with Gasteiger partial charge in [-0.1, -0.05) is 90.9 Å². The van der Waals surface area contributed by atoms with Crippen molar-refractivity contribution >= 4 is 11.6 Å². The monoisotopic (exact) mass is 400 g/mol. The van der Waals surface area contributed by atoms with Gasteiger partial charge in [0.1, 0.15) is 0 Å². The highest BCUT2D eigenvalue weighted by Gasteiger charge is 2.45. The number of aliphatic hydroxyl groups is 3. The van der Waals surface area contributed by atoms with E-state index in [1.165, 1.54) is 32.1 Å². The number of carbonyl (C=O) groups excluding carboxylic acids is 2. The van der Waals surface area contributed by atoms with Crippen molar-refractivity contribution in [3.63, 3.8) is 0 Å². The van der Waals surface area contributed by atoms with Crippen molar-refractivity contribution in [3.8, 4) is 0 Å². The van der Waals surface area contributed by atoms with Gasteiger partial charge in [0.25, 0.3) is 0 Å². The maximum Gasteiger partial charge on any atom is 0.178 e. The Morgan fingerprint density at radius 2 is 1.11 bits per heavy atom. The molecule has 0 aliphatic heterocycles. The normalized spacial score (nSPS) is 14.6. The van der Waals surface area contributed by atoms with Crippen LogP contribution >= 0.6 is 0 Å². The summed E-state index contributed by atoms with van der Waals surface area (Å²) in [4.78, 5) is 24.5. The lowest BCUT2D eigenvalue weighted by Crippen LogP contribution is -2.55. The summed E-state index contributed by atoms with van der Waals surface area (Å²) in [7, 11) is 0. The topological polar surface area (TPSA) is 94.8 Å². The Bertz CT molecular complexity index is 410. The van der Waals surface area contributed by atoms with Crippen LogP contribution in [0.3, 0.4) is 0 Å². The average Bonchev–Trinajstić information content (AvgIpc) is 2.70. The second-order valence-electron chi connectivity index (χ2n) is 8.12. The predicted molar refractivity (Wildman–Crippen MR) is 113 cm³/mol. The first-order chi connectivity index (χ1) is 13.4. The predicted octanol–water partition coefficient (Wildman–Crippen LogP) is 4.49. The lowest BCUT2D eigenvalue weighted by atomic mass is 9.85. The Labute approximate surface area is 171 Å². The molecule has 5 heteroatoms. The highest BCUT2D eigenvalue weighted by atomic mass is 16.4. The minimum absolute atomic E-state index is 0.0771. The Hall–Kier alpha value is -0.780. The molecule has 0 bridgehead atoms. The van der Waals surface area contributed by atoms with E-state index in [-0.39, 0.29) is 12.8 Å². The van der Waals surface area contributed by atoms with E-state index in [2.05, 4.69) is 13.8 Å². The van der Waals surface area contributed by atoms with Crippen LogP contribution in [0.15, 0.2) is 0 Å². The van der Waals surface area contributed by atoms with E-state index in [1.54, 1.807) is 0 Å². The maximum absolute atomic E-state index is 12.3. The van der Waals surface area contributed by atoms with Crippen molar-refractivity contribution in [2.45, 2.75) is 128 Å². The van der Waals surface area contributed by atoms with Gasteiger partial charge in [0.15, 0.2) is 23.3 Å². The second-order valence-corrected chi connectivity index (χ2v) is 8.12. The average molecular weight is 401 g/mol. The van der Waals surface area contributed by atoms with Gasteiger partial charge < -0.3 is 15.3 Å². The first-order valence-corrected chi connectivity index (χ1v) is 11.5. The van der Waals surface area contributed by atoms with Crippen molar-refractivity contribution in [3.05, 3.63) is 0 Å². The summed E-state index contributed by atoms with van der Waals surface area (Å²) in [6, 6.07) is 0. The molecule has 0 aliphatic rings. The maximum atomic E-state index is 12.3. The molecule has 28 heavy (non-hydrogen) atoms. The van der Waals surface area contributed by atoms with Gasteiger partial charge in [-0.15, -0.1) is 0 Å². The molecule has 0 fully saturated rings. The Morgan fingerprint density at radius 1 is 0.714 bits per heavy atom. The van der Waals surface area contributed by atoms with Gasteiger partial charge in [-0.2, -0.15) is 0 Å². The van der Waals surface area contributed by atoms with Crippen LogP contribution in [0.25, 0.3) is 0 Å². The zero-order valence-corrected chi connectivity index (χ0v) is 18.3. The van der Waals surface area contributed by atoms with Gasteiger partial charge in [-0.25, -0.2) is 0 Å². The van der Waals surface area contributed by atoms with E-state index in [0.29, 0.717) is 12.8 Å². The molecular weight excluding hydrogens is 356 g/mol. The molecule has 0 amide bonds. The molecule has 0 saturated carbocycles. The molecule has 2 atom stereocenters. The SMILES string of the molecule is CCCCCCCCCCCC(=O)C(O)(CO)C(O)C(=O)CCCCCCC. The molecule has 0 aliphatic carbocycles. The van der Waals surface area contributed by atoms with Crippen LogP contribution in [0.4, 0.5) is 0 Å². The number of rotatable bonds is 20. The lowest BCUT2D eigenvalue weighted by molar-refractivity contribution is -0.165. The minimum Gasteiger partial charge on any atom is -0.393 e. The van der Waals surface area contributed by atoms with Crippen LogP contribution in [0.5, 0.6) is 0 Å². The number of ketones is 2. The largest absolute Gasteiger partial charge is 0.393 e. The van der Waals surface area contributed by atoms with Crippen molar-refractivity contribution in [2.75, 3.05) is 6.61 Å². The zero-order valence-electron chi connectivity index (χ0n) is 18.3. The third-order valence-corrected chi connectivity index (χ3v) is 5.52. The fourth-order valence-corrected chi connectivity index (χ4v) is 3.45. The Balaban J connectivity index is 4.15. The summed E-state index contributed by atoms with van der Waals surface area (Å²) in [5, 5.41) is 30.1. The number of Topliss-reactive ketones (excluding diaryl/α,β-unsaturated/α-hetero) is 2. The quantitative estimate of drug-likeness (QED) is 0.262. The molecule has 0 aromatic rings. The summed E-state index contributed by atoms with van der Waals surface area (Å²) in [5.74, 6) is -1.20. The smallest absolute Gasteiger partial charge is 0.178 e. The van der Waals surface area contributed by atoms with Crippen LogP contribution in [-0.4, -0.2) is 45.2 Å². The molecule has 0 radical (unpaired) electrons. The van der Waals surface area contributed by atoms with Crippen molar-refractivity contribution < 1.29 is 24.9 Å². The van der Waals surface area contributed by atoms with E-state index in [9.17, 15) is 24.9 Å². The van der Waals surface area contributed by atoms with Crippen LogP contribution in [-0.2, 0) is 9.59 Å². The summed E-state index contributed by atoms with van der Waals surface area (Å²) in [5.41, 5.74) is -2.36. The second kappa shape index (κ2) is 17.1. The minimum atomic E-state index is -2.36. The molecule has 0 aromatic carbocycles. The standard InChI is InChI=1S/C23H44O5/c1-3-5-7-9-10-11-12-14-16-18-21(26)23(28,19-24)22(27)20(25)17-15-13-8-6-4-2/h22,24,27-28H,3-19H2,1-2H3. The molecule has 5 nitrogen and oxygen atoms in total. The van der Waals surface area contributed by atoms with Crippen LogP contribution < -0.4 is 0 Å². The van der Waals surface area contributed by atoms with Crippen molar-refractivity contribution in [2.24, 2.45) is 0 Å². The van der Waals surface area contributed by atoms with Gasteiger partial charge in [-0.05, 0) is 12.8 Å². The van der Waals surface area contributed by atoms with Crippen molar-refractivity contribution in [1.29, 1.82) is 0 Å². The third-order valence-electron chi connectivity index (χ3n) is 5.52. The fraction of sp³-hybridized carbons (Fsp3) is 0.913. The summed E-state index contributed by atoms with van der Waals surface area (Å²) < 4.78 is 0. The van der Waals surface area contributed by atoms with E-state index in [1.807, 2.05) is 0 Å². The highest BCUT2D eigenvalue weighted by Crippen LogP contribution is 2.20. The number of hydrogen-bond donors (Lipinski definition) is 3. The first-order valence-electron chi connectivity index (χ1n) is 11.5. The number of hydrogen-bond acceptors (Lipinski definition) is 5. The van der Waals surface area contributed by atoms with Crippen LogP contribution in [0.1, 0.15) is 117 Å². The molecular formula is C23H44O5.